The molecule has 0 unspecified atom stereocenters. The Hall–Kier alpha value is -0.900. The molecule has 0 aromatic carbocycles. The van der Waals surface area contributed by atoms with Crippen LogP contribution in [0.15, 0.2) is 12.3 Å². The second-order valence-electron chi connectivity index (χ2n) is 2.23. The molecule has 1 rings (SSSR count). The predicted molar refractivity (Wildman–Crippen MR) is 38.8 cm³/mol. The highest BCUT2D eigenvalue weighted by atomic mass is 15.1. The van der Waals surface area contributed by atoms with Crippen LogP contribution in [0.1, 0.15) is 12.8 Å². The van der Waals surface area contributed by atoms with E-state index in [-0.39, 0.29) is 0 Å². The third-order valence-corrected chi connectivity index (χ3v) is 1.52. The molecule has 0 aromatic heterocycles. The lowest BCUT2D eigenvalue weighted by molar-refractivity contribution is 0.468. The first-order chi connectivity index (χ1) is 4.43. The van der Waals surface area contributed by atoms with Crippen LogP contribution in [-0.4, -0.2) is 18.0 Å². The lowest BCUT2D eigenvalue weighted by atomic mass is 10.4. The average molecular weight is 121 g/mol. The van der Waals surface area contributed by atoms with Crippen molar-refractivity contribution >= 4 is 0 Å². The summed E-state index contributed by atoms with van der Waals surface area (Å²) in [5.41, 5.74) is 0. The Balaban J connectivity index is 2.28. The molecule has 0 amide bonds. The topological polar surface area (TPSA) is 3.24 Å². The lowest BCUT2D eigenvalue weighted by Gasteiger charge is -2.08. The van der Waals surface area contributed by atoms with E-state index in [0.29, 0.717) is 0 Å². The van der Waals surface area contributed by atoms with Gasteiger partial charge in [0.25, 0.3) is 0 Å². The Morgan fingerprint density at radius 3 is 2.56 bits per heavy atom. The van der Waals surface area contributed by atoms with E-state index in [0.717, 1.165) is 0 Å². The van der Waals surface area contributed by atoms with Crippen molar-refractivity contribution in [1.29, 1.82) is 0 Å². The maximum Gasteiger partial charge on any atom is 0.0173 e. The summed E-state index contributed by atoms with van der Waals surface area (Å²) in [5.74, 6) is 2.47. The molecule has 0 radical (unpaired) electrons. The predicted octanol–water partition coefficient (Wildman–Crippen LogP) is 1.23. The van der Waals surface area contributed by atoms with Gasteiger partial charge in [0.05, 0.1) is 0 Å². The molecule has 1 heteroatoms. The first kappa shape index (κ1) is 6.22. The normalized spacial score (nSPS) is 18.8. The summed E-state index contributed by atoms with van der Waals surface area (Å²) in [7, 11) is 0. The second kappa shape index (κ2) is 3.19. The molecule has 0 atom stereocenters. The first-order valence-corrected chi connectivity index (χ1v) is 3.30. The molecule has 0 spiro atoms. The standard InChI is InChI=1S/C8H11N/c1-2-3-6-9-7-4-5-8-9/h1,3,6H,4-5,7-8H2/b6-3+. The quantitative estimate of drug-likeness (QED) is 0.472. The number of hydrogen-bond donors (Lipinski definition) is 0. The van der Waals surface area contributed by atoms with Crippen LogP contribution < -0.4 is 0 Å². The Morgan fingerprint density at radius 2 is 2.00 bits per heavy atom. The van der Waals surface area contributed by atoms with Gasteiger partial charge in [0.1, 0.15) is 0 Å². The molecule has 0 aromatic rings. The van der Waals surface area contributed by atoms with Gasteiger partial charge >= 0.3 is 0 Å². The maximum atomic E-state index is 5.04. The van der Waals surface area contributed by atoms with Crippen molar-refractivity contribution in [3.8, 4) is 12.3 Å². The SMILES string of the molecule is C#C/C=C/N1CCCC1. The van der Waals surface area contributed by atoms with Gasteiger partial charge in [-0.15, -0.1) is 6.42 Å². The van der Waals surface area contributed by atoms with E-state index in [1.807, 2.05) is 6.20 Å². The number of hydrogen-bond acceptors (Lipinski definition) is 1. The van der Waals surface area contributed by atoms with Gasteiger partial charge in [0.15, 0.2) is 0 Å². The van der Waals surface area contributed by atoms with Gasteiger partial charge in [-0.2, -0.15) is 0 Å². The Labute approximate surface area is 56.4 Å². The largest absolute Gasteiger partial charge is 0.377 e. The third kappa shape index (κ3) is 1.81. The fourth-order valence-electron chi connectivity index (χ4n) is 1.04. The van der Waals surface area contributed by atoms with Gasteiger partial charge in [-0.05, 0) is 12.8 Å². The first-order valence-electron chi connectivity index (χ1n) is 3.30. The van der Waals surface area contributed by atoms with Gasteiger partial charge in [-0.1, -0.05) is 5.92 Å². The molecule has 1 saturated heterocycles. The molecule has 9 heavy (non-hydrogen) atoms. The highest BCUT2D eigenvalue weighted by molar-refractivity contribution is 5.08. The number of likely N-dealkylation sites (tertiary alicyclic amines) is 1. The number of terminal acetylenes is 1. The molecular formula is C8H11N. The third-order valence-electron chi connectivity index (χ3n) is 1.52. The van der Waals surface area contributed by atoms with Gasteiger partial charge in [0.2, 0.25) is 0 Å². The summed E-state index contributed by atoms with van der Waals surface area (Å²) >= 11 is 0. The minimum Gasteiger partial charge on any atom is -0.377 e. The lowest BCUT2D eigenvalue weighted by Crippen LogP contribution is -2.09. The van der Waals surface area contributed by atoms with Crippen LogP contribution in [0.2, 0.25) is 0 Å². The van der Waals surface area contributed by atoms with Crippen LogP contribution in [0.4, 0.5) is 0 Å². The van der Waals surface area contributed by atoms with Gasteiger partial charge in [0, 0.05) is 25.4 Å². The fourth-order valence-corrected chi connectivity index (χ4v) is 1.04. The average Bonchev–Trinajstić information content (AvgIpc) is 2.34. The summed E-state index contributed by atoms with van der Waals surface area (Å²) in [5, 5.41) is 0. The Bertz CT molecular complexity index is 135. The summed E-state index contributed by atoms with van der Waals surface area (Å²) in [6, 6.07) is 0. The van der Waals surface area contributed by atoms with Crippen molar-refractivity contribution in [3.05, 3.63) is 12.3 Å². The summed E-state index contributed by atoms with van der Waals surface area (Å²) in [6.07, 6.45) is 11.4. The minimum atomic E-state index is 1.18. The monoisotopic (exact) mass is 121 g/mol. The van der Waals surface area contributed by atoms with Gasteiger partial charge < -0.3 is 4.90 Å². The molecule has 0 aliphatic carbocycles. The molecule has 1 heterocycles. The van der Waals surface area contributed by atoms with Gasteiger partial charge in [-0.25, -0.2) is 0 Å². The molecule has 1 aliphatic heterocycles. The Kier molecular flexibility index (Phi) is 2.21. The molecule has 1 fully saturated rings. The van der Waals surface area contributed by atoms with Crippen LogP contribution in [0.25, 0.3) is 0 Å². The van der Waals surface area contributed by atoms with Crippen molar-refractivity contribution in [2.75, 3.05) is 13.1 Å². The van der Waals surface area contributed by atoms with Crippen LogP contribution in [0.5, 0.6) is 0 Å². The van der Waals surface area contributed by atoms with Crippen molar-refractivity contribution in [2.45, 2.75) is 12.8 Å². The zero-order valence-electron chi connectivity index (χ0n) is 5.51. The van der Waals surface area contributed by atoms with E-state index >= 15 is 0 Å². The molecular weight excluding hydrogens is 110 g/mol. The summed E-state index contributed by atoms with van der Waals surface area (Å²) in [6.45, 7) is 2.36. The maximum absolute atomic E-state index is 5.04. The number of allylic oxidation sites excluding steroid dienone is 1. The zero-order chi connectivity index (χ0) is 6.53. The second-order valence-corrected chi connectivity index (χ2v) is 2.23. The highest BCUT2D eigenvalue weighted by Crippen LogP contribution is 2.06. The zero-order valence-corrected chi connectivity index (χ0v) is 5.51. The molecule has 48 valence electrons. The summed E-state index contributed by atoms with van der Waals surface area (Å²) in [4.78, 5) is 2.25. The Morgan fingerprint density at radius 1 is 1.33 bits per heavy atom. The van der Waals surface area contributed by atoms with Crippen molar-refractivity contribution in [2.24, 2.45) is 0 Å². The number of rotatable bonds is 1. The summed E-state index contributed by atoms with van der Waals surface area (Å²) < 4.78 is 0. The number of nitrogens with zero attached hydrogens (tertiary/aromatic N) is 1. The van der Waals surface area contributed by atoms with Crippen molar-refractivity contribution < 1.29 is 0 Å². The van der Waals surface area contributed by atoms with Gasteiger partial charge in [-0.3, -0.25) is 0 Å². The van der Waals surface area contributed by atoms with Crippen molar-refractivity contribution in [1.82, 2.24) is 4.90 Å². The van der Waals surface area contributed by atoms with Crippen LogP contribution >= 0.6 is 0 Å². The molecule has 1 nitrogen and oxygen atoms in total. The smallest absolute Gasteiger partial charge is 0.0173 e. The van der Waals surface area contributed by atoms with Crippen LogP contribution in [0, 0.1) is 12.3 Å². The fraction of sp³-hybridized carbons (Fsp3) is 0.500. The van der Waals surface area contributed by atoms with E-state index in [1.54, 1.807) is 6.08 Å². The highest BCUT2D eigenvalue weighted by Gasteiger charge is 2.04. The minimum absolute atomic E-state index is 1.18. The van der Waals surface area contributed by atoms with Crippen molar-refractivity contribution in [3.63, 3.8) is 0 Å². The van der Waals surface area contributed by atoms with E-state index in [1.165, 1.54) is 25.9 Å². The van der Waals surface area contributed by atoms with E-state index in [2.05, 4.69) is 10.8 Å². The molecule has 0 saturated carbocycles. The molecule has 0 N–H and O–H groups in total. The van der Waals surface area contributed by atoms with Crippen LogP contribution in [-0.2, 0) is 0 Å². The van der Waals surface area contributed by atoms with E-state index in [9.17, 15) is 0 Å². The van der Waals surface area contributed by atoms with E-state index < -0.39 is 0 Å². The van der Waals surface area contributed by atoms with E-state index in [4.69, 9.17) is 6.42 Å². The van der Waals surface area contributed by atoms with Crippen LogP contribution in [0.3, 0.4) is 0 Å². The molecule has 1 aliphatic rings. The molecule has 0 bridgehead atoms.